The van der Waals surface area contributed by atoms with Crippen molar-refractivity contribution in [3.8, 4) is 0 Å². The zero-order chi connectivity index (χ0) is 11.2. The molecule has 0 fully saturated rings. The quantitative estimate of drug-likeness (QED) is 0.653. The van der Waals surface area contributed by atoms with Crippen LogP contribution in [0.4, 0.5) is 0 Å². The van der Waals surface area contributed by atoms with Gasteiger partial charge in [0.15, 0.2) is 0 Å². The third kappa shape index (κ3) is 4.57. The van der Waals surface area contributed by atoms with Crippen molar-refractivity contribution in [3.05, 3.63) is 0 Å². The van der Waals surface area contributed by atoms with E-state index in [0.29, 0.717) is 6.42 Å². The van der Waals surface area contributed by atoms with Crippen molar-refractivity contribution in [2.24, 2.45) is 11.7 Å². The fourth-order valence-corrected chi connectivity index (χ4v) is 1.63. The largest absolute Gasteiger partial charge is 0.330 e. The number of nitrogens with two attached hydrogens (primary N) is 1. The summed E-state index contributed by atoms with van der Waals surface area (Å²) in [6.07, 6.45) is 1.42. The molecule has 1 amide bonds. The van der Waals surface area contributed by atoms with Crippen molar-refractivity contribution < 1.29 is 13.2 Å². The van der Waals surface area contributed by atoms with Crippen molar-refractivity contribution in [1.82, 2.24) is 4.72 Å². The second-order valence-corrected chi connectivity index (χ2v) is 5.10. The minimum atomic E-state index is -3.45. The molecule has 1 atom stereocenters. The maximum absolute atomic E-state index is 11.4. The Morgan fingerprint density at radius 1 is 1.43 bits per heavy atom. The Morgan fingerprint density at radius 3 is 2.36 bits per heavy atom. The van der Waals surface area contributed by atoms with Gasteiger partial charge < -0.3 is 5.73 Å². The van der Waals surface area contributed by atoms with Gasteiger partial charge in [-0.25, -0.2) is 8.42 Å². The Bertz CT molecular complexity index is 274. The summed E-state index contributed by atoms with van der Waals surface area (Å²) >= 11 is 0. The van der Waals surface area contributed by atoms with Gasteiger partial charge in [-0.2, -0.15) is 0 Å². The van der Waals surface area contributed by atoms with Crippen LogP contribution in [0.1, 0.15) is 26.7 Å². The Labute approximate surface area is 85.1 Å². The summed E-state index contributed by atoms with van der Waals surface area (Å²) in [6.45, 7) is 3.58. The van der Waals surface area contributed by atoms with Crippen LogP contribution in [0, 0.1) is 5.92 Å². The van der Waals surface area contributed by atoms with Crippen molar-refractivity contribution in [2.45, 2.75) is 26.7 Å². The van der Waals surface area contributed by atoms with E-state index in [0.717, 1.165) is 6.42 Å². The minimum absolute atomic E-state index is 0.0951. The van der Waals surface area contributed by atoms with Crippen LogP contribution >= 0.6 is 0 Å². The molecule has 0 radical (unpaired) electrons. The smallest absolute Gasteiger partial charge is 0.237 e. The number of hydrogen-bond acceptors (Lipinski definition) is 4. The fraction of sp³-hybridized carbons (Fsp3) is 0.875. The number of carbonyl (C=O) groups excluding carboxylic acids is 1. The van der Waals surface area contributed by atoms with Gasteiger partial charge in [0.2, 0.25) is 15.9 Å². The standard InChI is InChI=1S/C8H18N2O3S/c1-3-5-7(6-9)8(11)10-14(12,13)4-2/h7H,3-6,9H2,1-2H3,(H,10,11). The third-order valence-electron chi connectivity index (χ3n) is 1.93. The summed E-state index contributed by atoms with van der Waals surface area (Å²) in [5.74, 6) is -0.986. The molecular formula is C8H18N2O3S. The van der Waals surface area contributed by atoms with Gasteiger partial charge in [0, 0.05) is 6.54 Å². The summed E-state index contributed by atoms with van der Waals surface area (Å²) in [4.78, 5) is 11.4. The zero-order valence-corrected chi connectivity index (χ0v) is 9.43. The number of sulfonamides is 1. The molecule has 0 aliphatic rings. The predicted octanol–water partition coefficient (Wildman–Crippen LogP) is -0.173. The van der Waals surface area contributed by atoms with Crippen LogP contribution in [-0.2, 0) is 14.8 Å². The molecule has 0 aromatic heterocycles. The molecule has 3 N–H and O–H groups in total. The van der Waals surface area contributed by atoms with E-state index in [4.69, 9.17) is 5.73 Å². The first-order valence-electron chi connectivity index (χ1n) is 4.71. The first-order valence-corrected chi connectivity index (χ1v) is 6.36. The molecule has 0 spiro atoms. The third-order valence-corrected chi connectivity index (χ3v) is 3.20. The molecule has 0 saturated heterocycles. The summed E-state index contributed by atoms with van der Waals surface area (Å²) in [6, 6.07) is 0. The van der Waals surface area contributed by atoms with E-state index in [1.165, 1.54) is 6.92 Å². The zero-order valence-electron chi connectivity index (χ0n) is 8.62. The molecule has 6 heteroatoms. The number of rotatable bonds is 6. The second kappa shape index (κ2) is 5.98. The molecule has 0 aromatic carbocycles. The second-order valence-electron chi connectivity index (χ2n) is 3.09. The van der Waals surface area contributed by atoms with Crippen molar-refractivity contribution in [3.63, 3.8) is 0 Å². The summed E-state index contributed by atoms with van der Waals surface area (Å²) in [5, 5.41) is 0. The van der Waals surface area contributed by atoms with E-state index in [1.807, 2.05) is 11.6 Å². The van der Waals surface area contributed by atoms with E-state index in [1.54, 1.807) is 0 Å². The number of amides is 1. The average Bonchev–Trinajstić information content (AvgIpc) is 2.13. The molecule has 0 saturated carbocycles. The highest BCUT2D eigenvalue weighted by Crippen LogP contribution is 2.04. The monoisotopic (exact) mass is 222 g/mol. The van der Waals surface area contributed by atoms with Crippen LogP contribution in [0.15, 0.2) is 0 Å². The molecule has 14 heavy (non-hydrogen) atoms. The van der Waals surface area contributed by atoms with E-state index < -0.39 is 21.8 Å². The average molecular weight is 222 g/mol. The van der Waals surface area contributed by atoms with Crippen LogP contribution < -0.4 is 10.5 Å². The van der Waals surface area contributed by atoms with Crippen LogP contribution in [-0.4, -0.2) is 26.6 Å². The van der Waals surface area contributed by atoms with E-state index >= 15 is 0 Å². The lowest BCUT2D eigenvalue weighted by Crippen LogP contribution is -2.39. The van der Waals surface area contributed by atoms with Crippen molar-refractivity contribution >= 4 is 15.9 Å². The molecule has 5 nitrogen and oxygen atoms in total. The molecule has 0 bridgehead atoms. The number of hydrogen-bond donors (Lipinski definition) is 2. The van der Waals surface area contributed by atoms with Crippen molar-refractivity contribution in [2.75, 3.05) is 12.3 Å². The Morgan fingerprint density at radius 2 is 2.00 bits per heavy atom. The Kier molecular flexibility index (Phi) is 5.71. The van der Waals surface area contributed by atoms with Gasteiger partial charge in [-0.1, -0.05) is 13.3 Å². The van der Waals surface area contributed by atoms with Gasteiger partial charge in [-0.05, 0) is 13.3 Å². The lowest BCUT2D eigenvalue weighted by Gasteiger charge is -2.13. The summed E-state index contributed by atoms with van der Waals surface area (Å²) in [5.41, 5.74) is 5.36. The van der Waals surface area contributed by atoms with E-state index in [9.17, 15) is 13.2 Å². The molecule has 0 heterocycles. The van der Waals surface area contributed by atoms with Gasteiger partial charge in [-0.3, -0.25) is 9.52 Å². The van der Waals surface area contributed by atoms with Gasteiger partial charge in [0.1, 0.15) is 0 Å². The predicted molar refractivity (Wildman–Crippen MR) is 55.1 cm³/mol. The SMILES string of the molecule is CCCC(CN)C(=O)NS(=O)(=O)CC. The van der Waals surface area contributed by atoms with Crippen molar-refractivity contribution in [1.29, 1.82) is 0 Å². The maximum Gasteiger partial charge on any atom is 0.237 e. The number of nitrogens with one attached hydrogen (secondary N) is 1. The topological polar surface area (TPSA) is 89.3 Å². The van der Waals surface area contributed by atoms with E-state index in [-0.39, 0.29) is 12.3 Å². The normalized spacial score (nSPS) is 13.6. The Balaban J connectivity index is 4.31. The highest BCUT2D eigenvalue weighted by Gasteiger charge is 2.20. The van der Waals surface area contributed by atoms with Gasteiger partial charge in [0.25, 0.3) is 0 Å². The maximum atomic E-state index is 11.4. The van der Waals surface area contributed by atoms with E-state index in [2.05, 4.69) is 0 Å². The van der Waals surface area contributed by atoms with Crippen LogP contribution in [0.5, 0.6) is 0 Å². The molecular weight excluding hydrogens is 204 g/mol. The first-order chi connectivity index (χ1) is 6.46. The lowest BCUT2D eigenvalue weighted by atomic mass is 10.0. The molecule has 0 aromatic rings. The van der Waals surface area contributed by atoms with Gasteiger partial charge >= 0.3 is 0 Å². The summed E-state index contributed by atoms with van der Waals surface area (Å²) < 4.78 is 24.1. The summed E-state index contributed by atoms with van der Waals surface area (Å²) in [7, 11) is -3.45. The highest BCUT2D eigenvalue weighted by atomic mass is 32.2. The van der Waals surface area contributed by atoms with Crippen LogP contribution in [0.2, 0.25) is 0 Å². The molecule has 0 rings (SSSR count). The van der Waals surface area contributed by atoms with Crippen LogP contribution in [0.3, 0.4) is 0 Å². The molecule has 1 unspecified atom stereocenters. The van der Waals surface area contributed by atoms with Crippen LogP contribution in [0.25, 0.3) is 0 Å². The van der Waals surface area contributed by atoms with Gasteiger partial charge in [0.05, 0.1) is 11.7 Å². The molecule has 0 aliphatic heterocycles. The number of carbonyl (C=O) groups is 1. The molecule has 84 valence electrons. The fourth-order valence-electron chi connectivity index (χ4n) is 1.01. The highest BCUT2D eigenvalue weighted by molar-refractivity contribution is 7.90. The first kappa shape index (κ1) is 13.4. The Hall–Kier alpha value is -0.620. The van der Waals surface area contributed by atoms with Gasteiger partial charge in [-0.15, -0.1) is 0 Å². The molecule has 0 aliphatic carbocycles. The lowest BCUT2D eigenvalue weighted by molar-refractivity contribution is -0.123. The minimum Gasteiger partial charge on any atom is -0.330 e.